The first-order chi connectivity index (χ1) is 5.58. The maximum absolute atomic E-state index is 9.53. The van der Waals surface area contributed by atoms with Gasteiger partial charge >= 0.3 is 0 Å². The molecule has 0 radical (unpaired) electrons. The van der Waals surface area contributed by atoms with Gasteiger partial charge in [0.1, 0.15) is 5.75 Å². The molecule has 0 aromatic heterocycles. The van der Waals surface area contributed by atoms with E-state index in [2.05, 4.69) is 6.58 Å². The molecule has 0 atom stereocenters. The molecule has 0 aliphatic heterocycles. The van der Waals surface area contributed by atoms with Crippen LogP contribution in [0.5, 0.6) is 5.75 Å². The van der Waals surface area contributed by atoms with Crippen molar-refractivity contribution >= 4 is 0 Å². The zero-order valence-electron chi connectivity index (χ0n) is 7.54. The van der Waals surface area contributed by atoms with E-state index in [0.29, 0.717) is 5.75 Å². The minimum absolute atomic E-state index is 0.161. The second kappa shape index (κ2) is 3.02. The second-order valence-electron chi connectivity index (χ2n) is 3.44. The van der Waals surface area contributed by atoms with E-state index in [1.807, 2.05) is 38.1 Å². The third-order valence-corrected chi connectivity index (χ3v) is 2.11. The summed E-state index contributed by atoms with van der Waals surface area (Å²) >= 11 is 0. The molecule has 1 N–H and O–H groups in total. The number of para-hydroxylation sites is 1. The third-order valence-electron chi connectivity index (χ3n) is 2.11. The van der Waals surface area contributed by atoms with Gasteiger partial charge in [0.15, 0.2) is 0 Å². The lowest BCUT2D eigenvalue weighted by Gasteiger charge is -2.21. The summed E-state index contributed by atoms with van der Waals surface area (Å²) < 4.78 is 0. The van der Waals surface area contributed by atoms with Gasteiger partial charge < -0.3 is 5.11 Å². The minimum atomic E-state index is -0.161. The van der Waals surface area contributed by atoms with Crippen molar-refractivity contribution in [3.63, 3.8) is 0 Å². The van der Waals surface area contributed by atoms with E-state index in [1.54, 1.807) is 6.07 Å². The highest BCUT2D eigenvalue weighted by Crippen LogP contribution is 2.30. The number of hydrogen-bond acceptors (Lipinski definition) is 1. The molecule has 0 unspecified atom stereocenters. The first-order valence-electron chi connectivity index (χ1n) is 4.00. The first-order valence-corrected chi connectivity index (χ1v) is 4.00. The van der Waals surface area contributed by atoms with Crippen molar-refractivity contribution in [3.8, 4) is 5.75 Å². The van der Waals surface area contributed by atoms with Gasteiger partial charge in [-0.2, -0.15) is 0 Å². The Morgan fingerprint density at radius 1 is 1.33 bits per heavy atom. The predicted octanol–water partition coefficient (Wildman–Crippen LogP) is 2.86. The number of rotatable bonds is 2. The molecule has 0 bridgehead atoms. The molecule has 1 heteroatoms. The van der Waals surface area contributed by atoms with Gasteiger partial charge in [0.25, 0.3) is 0 Å². The molecule has 1 aromatic carbocycles. The summed E-state index contributed by atoms with van der Waals surface area (Å²) in [6.45, 7) is 7.78. The molecule has 0 heterocycles. The van der Waals surface area contributed by atoms with Gasteiger partial charge in [-0.3, -0.25) is 0 Å². The molecule has 0 spiro atoms. The van der Waals surface area contributed by atoms with E-state index in [9.17, 15) is 5.11 Å². The molecule has 0 amide bonds. The SMILES string of the molecule is C=CC(C)(C)c1ccccc1O. The smallest absolute Gasteiger partial charge is 0.119 e. The largest absolute Gasteiger partial charge is 0.508 e. The monoisotopic (exact) mass is 162 g/mol. The topological polar surface area (TPSA) is 20.2 Å². The van der Waals surface area contributed by atoms with Crippen LogP contribution in [0, 0.1) is 0 Å². The van der Waals surface area contributed by atoms with Gasteiger partial charge in [-0.05, 0) is 6.07 Å². The molecule has 12 heavy (non-hydrogen) atoms. The quantitative estimate of drug-likeness (QED) is 0.663. The van der Waals surface area contributed by atoms with Gasteiger partial charge in [-0.15, -0.1) is 6.58 Å². The van der Waals surface area contributed by atoms with E-state index in [-0.39, 0.29) is 5.41 Å². The Balaban J connectivity index is 3.19. The maximum Gasteiger partial charge on any atom is 0.119 e. The summed E-state index contributed by atoms with van der Waals surface area (Å²) in [6.07, 6.45) is 1.84. The Morgan fingerprint density at radius 3 is 2.42 bits per heavy atom. The highest BCUT2D eigenvalue weighted by molar-refractivity contribution is 5.39. The number of benzene rings is 1. The summed E-state index contributed by atoms with van der Waals surface area (Å²) in [4.78, 5) is 0. The predicted molar refractivity (Wildman–Crippen MR) is 51.3 cm³/mol. The van der Waals surface area contributed by atoms with Crippen LogP contribution in [0.1, 0.15) is 19.4 Å². The van der Waals surface area contributed by atoms with Crippen molar-refractivity contribution in [1.82, 2.24) is 0 Å². The lowest BCUT2D eigenvalue weighted by Crippen LogP contribution is -2.12. The van der Waals surface area contributed by atoms with Crippen molar-refractivity contribution in [2.75, 3.05) is 0 Å². The second-order valence-corrected chi connectivity index (χ2v) is 3.44. The van der Waals surface area contributed by atoms with Crippen LogP contribution in [0.4, 0.5) is 0 Å². The highest BCUT2D eigenvalue weighted by atomic mass is 16.3. The molecule has 1 aromatic rings. The fourth-order valence-corrected chi connectivity index (χ4v) is 1.13. The molecule has 1 rings (SSSR count). The van der Waals surface area contributed by atoms with E-state index >= 15 is 0 Å². The first kappa shape index (κ1) is 8.85. The van der Waals surface area contributed by atoms with E-state index < -0.39 is 0 Å². The van der Waals surface area contributed by atoms with Crippen LogP contribution in [0.2, 0.25) is 0 Å². The van der Waals surface area contributed by atoms with Crippen LogP contribution >= 0.6 is 0 Å². The zero-order valence-corrected chi connectivity index (χ0v) is 7.54. The van der Waals surface area contributed by atoms with Crippen molar-refractivity contribution < 1.29 is 5.11 Å². The zero-order chi connectivity index (χ0) is 9.19. The summed E-state index contributed by atoms with van der Waals surface area (Å²) in [6, 6.07) is 7.34. The van der Waals surface area contributed by atoms with Crippen molar-refractivity contribution in [3.05, 3.63) is 42.5 Å². The Hall–Kier alpha value is -1.24. The lowest BCUT2D eigenvalue weighted by molar-refractivity contribution is 0.455. The van der Waals surface area contributed by atoms with Gasteiger partial charge in [0, 0.05) is 11.0 Å². The standard InChI is InChI=1S/C11H14O/c1-4-11(2,3)9-7-5-6-8-10(9)12/h4-8,12H,1H2,2-3H3. The van der Waals surface area contributed by atoms with Crippen LogP contribution in [-0.2, 0) is 5.41 Å². The van der Waals surface area contributed by atoms with Crippen LogP contribution in [-0.4, -0.2) is 5.11 Å². The Kier molecular flexibility index (Phi) is 2.22. The van der Waals surface area contributed by atoms with Gasteiger partial charge in [0.05, 0.1) is 0 Å². The molecule has 0 aliphatic carbocycles. The minimum Gasteiger partial charge on any atom is -0.508 e. The molecule has 0 saturated heterocycles. The highest BCUT2D eigenvalue weighted by Gasteiger charge is 2.18. The van der Waals surface area contributed by atoms with Crippen LogP contribution in [0.3, 0.4) is 0 Å². The number of phenols is 1. The van der Waals surface area contributed by atoms with Crippen molar-refractivity contribution in [2.24, 2.45) is 0 Å². The molecule has 0 saturated carbocycles. The summed E-state index contributed by atoms with van der Waals surface area (Å²) in [5.41, 5.74) is 0.755. The normalized spacial score (nSPS) is 11.2. The lowest BCUT2D eigenvalue weighted by atomic mass is 9.84. The molecular weight excluding hydrogens is 148 g/mol. The average Bonchev–Trinajstić information content (AvgIpc) is 2.05. The van der Waals surface area contributed by atoms with E-state index in [1.165, 1.54) is 0 Å². The van der Waals surface area contributed by atoms with Gasteiger partial charge in [-0.25, -0.2) is 0 Å². The molecule has 0 fully saturated rings. The average molecular weight is 162 g/mol. The number of phenolic OH excluding ortho intramolecular Hbond substituents is 1. The molecule has 64 valence electrons. The summed E-state index contributed by atoms with van der Waals surface area (Å²) in [7, 11) is 0. The fraction of sp³-hybridized carbons (Fsp3) is 0.273. The third kappa shape index (κ3) is 1.50. The number of hydrogen-bond donors (Lipinski definition) is 1. The molecule has 0 aliphatic rings. The van der Waals surface area contributed by atoms with E-state index in [4.69, 9.17) is 0 Å². The van der Waals surface area contributed by atoms with Crippen molar-refractivity contribution in [2.45, 2.75) is 19.3 Å². The number of allylic oxidation sites excluding steroid dienone is 1. The van der Waals surface area contributed by atoms with Crippen LogP contribution < -0.4 is 0 Å². The molecular formula is C11H14O. The maximum atomic E-state index is 9.53. The van der Waals surface area contributed by atoms with Gasteiger partial charge in [0.2, 0.25) is 0 Å². The summed E-state index contributed by atoms with van der Waals surface area (Å²) in [5, 5.41) is 9.53. The van der Waals surface area contributed by atoms with Crippen LogP contribution in [0.25, 0.3) is 0 Å². The fourth-order valence-electron chi connectivity index (χ4n) is 1.13. The van der Waals surface area contributed by atoms with Gasteiger partial charge in [-0.1, -0.05) is 38.1 Å². The Morgan fingerprint density at radius 2 is 1.92 bits per heavy atom. The summed E-state index contributed by atoms with van der Waals surface area (Å²) in [5.74, 6) is 0.336. The van der Waals surface area contributed by atoms with Crippen LogP contribution in [0.15, 0.2) is 36.9 Å². The van der Waals surface area contributed by atoms with Crippen molar-refractivity contribution in [1.29, 1.82) is 0 Å². The number of aromatic hydroxyl groups is 1. The molecule has 1 nitrogen and oxygen atoms in total. The van der Waals surface area contributed by atoms with E-state index in [0.717, 1.165) is 5.56 Å². The Labute approximate surface area is 73.4 Å². The Bertz CT molecular complexity index is 287.